The molecule has 35 heavy (non-hydrogen) atoms. The number of hydrogen-bond acceptors (Lipinski definition) is 5. The summed E-state index contributed by atoms with van der Waals surface area (Å²) < 4.78 is 39.1. The maximum Gasteiger partial charge on any atom is 0.416 e. The van der Waals surface area contributed by atoms with Crippen molar-refractivity contribution >= 4 is 23.2 Å². The molecule has 2 aromatic carbocycles. The SMILES string of the molecule is O=C(C(c1ccccc1)N1CCCCC1=O)N1CCN(c2ccc(C(F)(F)F)cc2[N+](=O)[O-])CC1. The van der Waals surface area contributed by atoms with E-state index >= 15 is 0 Å². The number of likely N-dealkylation sites (tertiary alicyclic amines) is 1. The molecule has 2 aromatic rings. The highest BCUT2D eigenvalue weighted by Crippen LogP contribution is 2.37. The molecule has 8 nitrogen and oxygen atoms in total. The summed E-state index contributed by atoms with van der Waals surface area (Å²) in [5.41, 5.74) is -0.909. The molecule has 0 N–H and O–H groups in total. The fourth-order valence-electron chi connectivity index (χ4n) is 4.65. The maximum atomic E-state index is 13.6. The van der Waals surface area contributed by atoms with Gasteiger partial charge in [-0.15, -0.1) is 0 Å². The van der Waals surface area contributed by atoms with Crippen molar-refractivity contribution in [2.75, 3.05) is 37.6 Å². The summed E-state index contributed by atoms with van der Waals surface area (Å²) in [6.07, 6.45) is -2.70. The molecule has 2 heterocycles. The number of nitro groups is 1. The smallest absolute Gasteiger partial charge is 0.362 e. The van der Waals surface area contributed by atoms with Crippen LogP contribution in [0.15, 0.2) is 48.5 Å². The van der Waals surface area contributed by atoms with Crippen molar-refractivity contribution in [1.82, 2.24) is 9.80 Å². The Kier molecular flexibility index (Phi) is 6.95. The molecule has 0 aromatic heterocycles. The minimum Gasteiger partial charge on any atom is -0.362 e. The Morgan fingerprint density at radius 3 is 2.26 bits per heavy atom. The number of hydrogen-bond donors (Lipinski definition) is 0. The first-order chi connectivity index (χ1) is 16.7. The summed E-state index contributed by atoms with van der Waals surface area (Å²) in [5, 5.41) is 11.5. The van der Waals surface area contributed by atoms with E-state index in [0.717, 1.165) is 25.0 Å². The van der Waals surface area contributed by atoms with Gasteiger partial charge in [-0.1, -0.05) is 30.3 Å². The fourth-order valence-corrected chi connectivity index (χ4v) is 4.65. The van der Waals surface area contributed by atoms with Gasteiger partial charge in [0.25, 0.3) is 5.69 Å². The number of rotatable bonds is 5. The van der Waals surface area contributed by atoms with Crippen LogP contribution in [0, 0.1) is 10.1 Å². The Labute approximate surface area is 200 Å². The van der Waals surface area contributed by atoms with Crippen molar-refractivity contribution in [1.29, 1.82) is 0 Å². The van der Waals surface area contributed by atoms with E-state index in [0.29, 0.717) is 24.6 Å². The van der Waals surface area contributed by atoms with Gasteiger partial charge in [0.05, 0.1) is 10.5 Å². The number of piperidine rings is 1. The molecule has 0 spiro atoms. The highest BCUT2D eigenvalue weighted by atomic mass is 19.4. The lowest BCUT2D eigenvalue weighted by Gasteiger charge is -2.40. The summed E-state index contributed by atoms with van der Waals surface area (Å²) >= 11 is 0. The summed E-state index contributed by atoms with van der Waals surface area (Å²) in [6.45, 7) is 1.37. The van der Waals surface area contributed by atoms with Gasteiger partial charge < -0.3 is 14.7 Å². The highest BCUT2D eigenvalue weighted by molar-refractivity contribution is 5.89. The average molecular weight is 490 g/mol. The zero-order chi connectivity index (χ0) is 25.2. The molecule has 11 heteroatoms. The lowest BCUT2D eigenvalue weighted by Crippen LogP contribution is -2.53. The van der Waals surface area contributed by atoms with Gasteiger partial charge in [0.1, 0.15) is 11.7 Å². The summed E-state index contributed by atoms with van der Waals surface area (Å²) in [6, 6.07) is 10.8. The van der Waals surface area contributed by atoms with Gasteiger partial charge in [-0.2, -0.15) is 13.2 Å². The molecule has 4 rings (SSSR count). The largest absolute Gasteiger partial charge is 0.416 e. The van der Waals surface area contributed by atoms with Crippen LogP contribution in [0.5, 0.6) is 0 Å². The topological polar surface area (TPSA) is 87.0 Å². The quantitative estimate of drug-likeness (QED) is 0.467. The van der Waals surface area contributed by atoms with Crippen molar-refractivity contribution in [3.63, 3.8) is 0 Å². The van der Waals surface area contributed by atoms with Crippen molar-refractivity contribution in [2.45, 2.75) is 31.5 Å². The van der Waals surface area contributed by atoms with Crippen LogP contribution in [0.1, 0.15) is 36.4 Å². The van der Waals surface area contributed by atoms with E-state index < -0.39 is 28.4 Å². The van der Waals surface area contributed by atoms with Crippen LogP contribution in [-0.2, 0) is 15.8 Å². The number of amides is 2. The molecule has 0 radical (unpaired) electrons. The molecule has 0 aliphatic carbocycles. The van der Waals surface area contributed by atoms with Gasteiger partial charge in [0, 0.05) is 45.2 Å². The molecule has 0 bridgehead atoms. The van der Waals surface area contributed by atoms with E-state index in [-0.39, 0.29) is 43.7 Å². The summed E-state index contributed by atoms with van der Waals surface area (Å²) in [4.78, 5) is 41.7. The van der Waals surface area contributed by atoms with Gasteiger partial charge >= 0.3 is 6.18 Å². The number of carbonyl (C=O) groups is 2. The minimum absolute atomic E-state index is 0.0718. The van der Waals surface area contributed by atoms with E-state index in [1.54, 1.807) is 14.7 Å². The number of carbonyl (C=O) groups excluding carboxylic acids is 2. The second-order valence-corrected chi connectivity index (χ2v) is 8.63. The number of anilines is 1. The van der Waals surface area contributed by atoms with Crippen LogP contribution in [-0.4, -0.2) is 59.3 Å². The third kappa shape index (κ3) is 5.23. The van der Waals surface area contributed by atoms with Crippen LogP contribution in [0.3, 0.4) is 0 Å². The van der Waals surface area contributed by atoms with Crippen molar-refractivity contribution in [3.05, 3.63) is 69.8 Å². The Morgan fingerprint density at radius 2 is 1.66 bits per heavy atom. The lowest BCUT2D eigenvalue weighted by atomic mass is 9.99. The monoisotopic (exact) mass is 490 g/mol. The molecular formula is C24H25F3N4O4. The Balaban J connectivity index is 1.53. The average Bonchev–Trinajstić information content (AvgIpc) is 2.85. The van der Waals surface area contributed by atoms with Gasteiger partial charge in [0.2, 0.25) is 11.8 Å². The number of halogens is 3. The van der Waals surface area contributed by atoms with Crippen molar-refractivity contribution in [2.24, 2.45) is 0 Å². The number of nitro benzene ring substituents is 1. The van der Waals surface area contributed by atoms with Crippen molar-refractivity contribution < 1.29 is 27.7 Å². The standard InChI is InChI=1S/C24H25F3N4O4/c25-24(26,27)18-9-10-19(20(16-18)31(34)35)28-12-14-29(15-13-28)23(33)22(17-6-2-1-3-7-17)30-11-5-4-8-21(30)32/h1-3,6-7,9-10,16,22H,4-5,8,11-15H2. The van der Waals surface area contributed by atoms with E-state index in [4.69, 9.17) is 0 Å². The summed E-state index contributed by atoms with van der Waals surface area (Å²) in [5.74, 6) is -0.300. The first-order valence-electron chi connectivity index (χ1n) is 11.4. The number of nitrogens with zero attached hydrogens (tertiary/aromatic N) is 4. The fraction of sp³-hybridized carbons (Fsp3) is 0.417. The molecule has 1 atom stereocenters. The van der Waals surface area contributed by atoms with Gasteiger partial charge in [-0.05, 0) is 30.5 Å². The maximum absolute atomic E-state index is 13.6. The molecule has 1 unspecified atom stereocenters. The molecule has 2 saturated heterocycles. The lowest BCUT2D eigenvalue weighted by molar-refractivity contribution is -0.384. The zero-order valence-electron chi connectivity index (χ0n) is 18.9. The third-order valence-electron chi connectivity index (χ3n) is 6.45. The predicted octanol–water partition coefficient (Wildman–Crippen LogP) is 4.02. The molecule has 2 aliphatic heterocycles. The molecule has 2 amide bonds. The second-order valence-electron chi connectivity index (χ2n) is 8.63. The van der Waals surface area contributed by atoms with E-state index in [9.17, 15) is 32.9 Å². The highest BCUT2D eigenvalue weighted by Gasteiger charge is 2.38. The number of benzene rings is 2. The van der Waals surface area contributed by atoms with E-state index in [2.05, 4.69) is 0 Å². The molecular weight excluding hydrogens is 465 g/mol. The number of alkyl halides is 3. The van der Waals surface area contributed by atoms with Gasteiger partial charge in [-0.25, -0.2) is 0 Å². The van der Waals surface area contributed by atoms with Crippen LogP contribution >= 0.6 is 0 Å². The molecule has 186 valence electrons. The van der Waals surface area contributed by atoms with Crippen LogP contribution in [0.4, 0.5) is 24.5 Å². The van der Waals surface area contributed by atoms with E-state index in [1.807, 2.05) is 30.3 Å². The third-order valence-corrected chi connectivity index (χ3v) is 6.45. The second kappa shape index (κ2) is 9.93. The van der Waals surface area contributed by atoms with Crippen LogP contribution < -0.4 is 4.90 Å². The Hall–Kier alpha value is -3.63. The normalized spacial score (nSPS) is 17.9. The van der Waals surface area contributed by atoms with Crippen LogP contribution in [0.25, 0.3) is 0 Å². The molecule has 2 aliphatic rings. The Bertz CT molecular complexity index is 1100. The minimum atomic E-state index is -4.69. The first-order valence-corrected chi connectivity index (χ1v) is 11.4. The summed E-state index contributed by atoms with van der Waals surface area (Å²) in [7, 11) is 0. The van der Waals surface area contributed by atoms with Crippen molar-refractivity contribution in [3.8, 4) is 0 Å². The number of piperazine rings is 1. The predicted molar refractivity (Wildman–Crippen MR) is 122 cm³/mol. The van der Waals surface area contributed by atoms with Crippen LogP contribution in [0.2, 0.25) is 0 Å². The zero-order valence-corrected chi connectivity index (χ0v) is 18.9. The molecule has 2 fully saturated rings. The first kappa shape index (κ1) is 24.5. The van der Waals surface area contributed by atoms with E-state index in [1.165, 1.54) is 0 Å². The molecule has 0 saturated carbocycles. The Morgan fingerprint density at radius 1 is 0.971 bits per heavy atom. The van der Waals surface area contributed by atoms with Gasteiger partial charge in [-0.3, -0.25) is 19.7 Å². The van der Waals surface area contributed by atoms with Gasteiger partial charge in [0.15, 0.2) is 0 Å².